The van der Waals surface area contributed by atoms with Gasteiger partial charge in [0, 0.05) is 27.8 Å². The van der Waals surface area contributed by atoms with Gasteiger partial charge in [0.05, 0.1) is 0 Å². The van der Waals surface area contributed by atoms with Crippen LogP contribution in [0.3, 0.4) is 0 Å². The molecule has 3 unspecified atom stereocenters. The summed E-state index contributed by atoms with van der Waals surface area (Å²) in [7, 11) is -0.653. The molecule has 0 heterocycles. The van der Waals surface area contributed by atoms with Crippen molar-refractivity contribution < 1.29 is 4.21 Å². The third-order valence-electron chi connectivity index (χ3n) is 2.95. The van der Waals surface area contributed by atoms with Gasteiger partial charge in [0.25, 0.3) is 0 Å². The van der Waals surface area contributed by atoms with Crippen molar-refractivity contribution in [1.29, 1.82) is 0 Å². The fourth-order valence-corrected chi connectivity index (χ4v) is 3.93. The molecule has 0 amide bonds. The van der Waals surface area contributed by atoms with E-state index < -0.39 is 10.8 Å². The maximum atomic E-state index is 12.2. The van der Waals surface area contributed by atoms with Crippen LogP contribution < -0.4 is 5.32 Å². The standard InChI is InChI=1S/C13H29NOS/c1-5-9-11-16(15)13(7-3)12(10-6-2)14-8-4/h12-14H,5-11H2,1-4H3. The zero-order chi connectivity index (χ0) is 12.4. The molecule has 0 aliphatic carbocycles. The third kappa shape index (κ3) is 6.00. The van der Waals surface area contributed by atoms with Crippen molar-refractivity contribution in [3.05, 3.63) is 0 Å². The summed E-state index contributed by atoms with van der Waals surface area (Å²) < 4.78 is 12.2. The summed E-state index contributed by atoms with van der Waals surface area (Å²) in [5.41, 5.74) is 0. The van der Waals surface area contributed by atoms with Crippen molar-refractivity contribution in [2.24, 2.45) is 0 Å². The predicted molar refractivity (Wildman–Crippen MR) is 74.4 cm³/mol. The molecule has 1 N–H and O–H groups in total. The first-order valence-corrected chi connectivity index (χ1v) is 8.19. The van der Waals surface area contributed by atoms with E-state index in [0.29, 0.717) is 11.3 Å². The Hall–Kier alpha value is 0.110. The van der Waals surface area contributed by atoms with Gasteiger partial charge in [-0.15, -0.1) is 0 Å². The SMILES string of the molecule is CCCCS(=O)C(CC)C(CCC)NCC. The summed E-state index contributed by atoms with van der Waals surface area (Å²) in [4.78, 5) is 0. The molecule has 0 bridgehead atoms. The largest absolute Gasteiger partial charge is 0.313 e. The highest BCUT2D eigenvalue weighted by atomic mass is 32.2. The Balaban J connectivity index is 4.32. The Morgan fingerprint density at radius 1 is 1.12 bits per heavy atom. The van der Waals surface area contributed by atoms with Gasteiger partial charge in [-0.2, -0.15) is 0 Å². The maximum absolute atomic E-state index is 12.2. The predicted octanol–water partition coefficient (Wildman–Crippen LogP) is 3.09. The van der Waals surface area contributed by atoms with Crippen molar-refractivity contribution in [2.75, 3.05) is 12.3 Å². The van der Waals surface area contributed by atoms with Gasteiger partial charge in [-0.3, -0.25) is 4.21 Å². The molecule has 0 aromatic heterocycles. The Labute approximate surface area is 104 Å². The van der Waals surface area contributed by atoms with Crippen LogP contribution in [0.4, 0.5) is 0 Å². The van der Waals surface area contributed by atoms with Crippen LogP contribution in [0, 0.1) is 0 Å². The summed E-state index contributed by atoms with van der Waals surface area (Å²) in [5.74, 6) is 0.876. The second-order valence-electron chi connectivity index (χ2n) is 4.34. The fourth-order valence-electron chi connectivity index (χ4n) is 2.08. The van der Waals surface area contributed by atoms with E-state index in [-0.39, 0.29) is 0 Å². The van der Waals surface area contributed by atoms with Crippen molar-refractivity contribution >= 4 is 10.8 Å². The number of rotatable bonds is 10. The number of hydrogen-bond acceptors (Lipinski definition) is 2. The van der Waals surface area contributed by atoms with Crippen LogP contribution in [-0.4, -0.2) is 27.8 Å². The van der Waals surface area contributed by atoms with Crippen molar-refractivity contribution in [3.8, 4) is 0 Å². The van der Waals surface area contributed by atoms with Gasteiger partial charge in [-0.1, -0.05) is 40.5 Å². The summed E-state index contributed by atoms with van der Waals surface area (Å²) in [6.07, 6.45) is 5.56. The lowest BCUT2D eigenvalue weighted by Crippen LogP contribution is -2.42. The van der Waals surface area contributed by atoms with Crippen LogP contribution in [0.25, 0.3) is 0 Å². The quantitative estimate of drug-likeness (QED) is 0.643. The average Bonchev–Trinajstić information content (AvgIpc) is 2.28. The molecule has 2 nitrogen and oxygen atoms in total. The summed E-state index contributed by atoms with van der Waals surface area (Å²) in [5, 5.41) is 3.84. The van der Waals surface area contributed by atoms with Crippen LogP contribution in [0.5, 0.6) is 0 Å². The third-order valence-corrected chi connectivity index (χ3v) is 4.98. The minimum atomic E-state index is -0.653. The molecule has 0 saturated carbocycles. The monoisotopic (exact) mass is 247 g/mol. The molecule has 0 saturated heterocycles. The van der Waals surface area contributed by atoms with E-state index in [4.69, 9.17) is 0 Å². The van der Waals surface area contributed by atoms with Gasteiger partial charge in [-0.25, -0.2) is 0 Å². The van der Waals surface area contributed by atoms with Gasteiger partial charge in [0.2, 0.25) is 0 Å². The van der Waals surface area contributed by atoms with Gasteiger partial charge < -0.3 is 5.32 Å². The van der Waals surface area contributed by atoms with Gasteiger partial charge in [-0.05, 0) is 25.8 Å². The number of hydrogen-bond donors (Lipinski definition) is 1. The zero-order valence-electron chi connectivity index (χ0n) is 11.4. The van der Waals surface area contributed by atoms with E-state index >= 15 is 0 Å². The smallest absolute Gasteiger partial charge is 0.0498 e. The second-order valence-corrected chi connectivity index (χ2v) is 6.11. The molecule has 0 rings (SSSR count). The molecule has 0 spiro atoms. The Morgan fingerprint density at radius 2 is 1.81 bits per heavy atom. The maximum Gasteiger partial charge on any atom is 0.0498 e. The van der Waals surface area contributed by atoms with Crippen molar-refractivity contribution in [2.45, 2.75) is 71.1 Å². The van der Waals surface area contributed by atoms with E-state index in [0.717, 1.165) is 38.0 Å². The summed E-state index contributed by atoms with van der Waals surface area (Å²) in [6, 6.07) is 0.442. The molecule has 0 fully saturated rings. The van der Waals surface area contributed by atoms with E-state index in [2.05, 4.69) is 33.0 Å². The minimum absolute atomic E-state index is 0.339. The molecule has 3 atom stereocenters. The number of nitrogens with one attached hydrogen (secondary N) is 1. The first-order valence-electron chi connectivity index (χ1n) is 6.81. The van der Waals surface area contributed by atoms with Crippen molar-refractivity contribution in [1.82, 2.24) is 5.32 Å². The van der Waals surface area contributed by atoms with Crippen LogP contribution in [0.1, 0.15) is 59.8 Å². The highest BCUT2D eigenvalue weighted by molar-refractivity contribution is 7.85. The molecule has 0 aromatic rings. The Bertz CT molecular complexity index is 179. The minimum Gasteiger partial charge on any atom is -0.313 e. The van der Waals surface area contributed by atoms with Crippen LogP contribution in [0.2, 0.25) is 0 Å². The number of unbranched alkanes of at least 4 members (excludes halogenated alkanes) is 1. The first-order chi connectivity index (χ1) is 7.71. The molecule has 0 radical (unpaired) electrons. The molecule has 98 valence electrons. The fraction of sp³-hybridized carbons (Fsp3) is 1.00. The summed E-state index contributed by atoms with van der Waals surface area (Å²) >= 11 is 0. The lowest BCUT2D eigenvalue weighted by atomic mass is 10.1. The lowest BCUT2D eigenvalue weighted by Gasteiger charge is -2.26. The topological polar surface area (TPSA) is 29.1 Å². The van der Waals surface area contributed by atoms with Crippen LogP contribution in [0.15, 0.2) is 0 Å². The second kappa shape index (κ2) is 10.3. The molecule has 3 heteroatoms. The summed E-state index contributed by atoms with van der Waals surface area (Å²) in [6.45, 7) is 9.63. The van der Waals surface area contributed by atoms with Crippen LogP contribution in [-0.2, 0) is 10.8 Å². The first kappa shape index (κ1) is 16.1. The normalized spacial score (nSPS) is 17.0. The van der Waals surface area contributed by atoms with Crippen LogP contribution >= 0.6 is 0 Å². The average molecular weight is 247 g/mol. The molecule has 0 aliphatic rings. The Kier molecular flexibility index (Phi) is 10.3. The highest BCUT2D eigenvalue weighted by Gasteiger charge is 2.23. The molecular formula is C13H29NOS. The van der Waals surface area contributed by atoms with E-state index in [1.54, 1.807) is 0 Å². The zero-order valence-corrected chi connectivity index (χ0v) is 12.2. The molecule has 16 heavy (non-hydrogen) atoms. The van der Waals surface area contributed by atoms with Gasteiger partial charge in [0.15, 0.2) is 0 Å². The molecule has 0 aromatic carbocycles. The lowest BCUT2D eigenvalue weighted by molar-refractivity contribution is 0.458. The molecule has 0 aliphatic heterocycles. The van der Waals surface area contributed by atoms with E-state index in [1.165, 1.54) is 6.42 Å². The highest BCUT2D eigenvalue weighted by Crippen LogP contribution is 2.14. The van der Waals surface area contributed by atoms with Crippen molar-refractivity contribution in [3.63, 3.8) is 0 Å². The van der Waals surface area contributed by atoms with Gasteiger partial charge in [0.1, 0.15) is 0 Å². The Morgan fingerprint density at radius 3 is 2.25 bits per heavy atom. The van der Waals surface area contributed by atoms with Gasteiger partial charge >= 0.3 is 0 Å². The van der Waals surface area contributed by atoms with E-state index in [1.807, 2.05) is 0 Å². The molecular weight excluding hydrogens is 218 g/mol. The van der Waals surface area contributed by atoms with E-state index in [9.17, 15) is 4.21 Å².